The van der Waals surface area contributed by atoms with Crippen molar-refractivity contribution < 1.29 is 49.3 Å². The van der Waals surface area contributed by atoms with Crippen molar-refractivity contribution in [1.82, 2.24) is 5.32 Å². The molecule has 11 nitrogen and oxygen atoms in total. The lowest BCUT2D eigenvalue weighted by molar-refractivity contribution is -0.305. The van der Waals surface area contributed by atoms with Crippen LogP contribution in [0.5, 0.6) is 0 Å². The van der Waals surface area contributed by atoms with Crippen molar-refractivity contribution in [3.63, 3.8) is 0 Å². The molecule has 75 heavy (non-hydrogen) atoms. The van der Waals surface area contributed by atoms with Crippen molar-refractivity contribution in [2.45, 2.75) is 294 Å². The Balaban J connectivity index is 2.75. The van der Waals surface area contributed by atoms with E-state index in [0.29, 0.717) is 12.8 Å². The predicted molar refractivity (Wildman–Crippen MR) is 310 cm³/mol. The lowest BCUT2D eigenvalue weighted by atomic mass is 9.99. The van der Waals surface area contributed by atoms with Crippen LogP contribution in [0.2, 0.25) is 0 Å². The first-order valence-electron chi connectivity index (χ1n) is 30.4. The van der Waals surface area contributed by atoms with Crippen molar-refractivity contribution in [3.05, 3.63) is 85.1 Å². The number of carbonyl (C=O) groups is 2. The van der Waals surface area contributed by atoms with Crippen LogP contribution < -0.4 is 5.32 Å². The molecule has 1 rings (SSSR count). The van der Waals surface area contributed by atoms with E-state index in [9.17, 15) is 35.1 Å². The highest BCUT2D eigenvalue weighted by Gasteiger charge is 2.47. The second-order valence-electron chi connectivity index (χ2n) is 20.7. The first kappa shape index (κ1) is 69.9. The number of carbonyl (C=O) groups excluding carboxylic acids is 2. The number of aliphatic hydroxyl groups is 5. The SMILES string of the molecule is CCCCC/C=C\C/C=C\C/C=C\C/C=C\CCCCCCC(O)C(=O)NC(COC1OC(CO)C(O)C(O)C1OC(=O)CC/C=C/C/C=C\CCCCCCCC)C(O)/C=C/CCCCCCCCCCCCC. The number of esters is 1. The summed E-state index contributed by atoms with van der Waals surface area (Å²) in [6.45, 7) is 5.70. The van der Waals surface area contributed by atoms with Crippen LogP contribution in [-0.2, 0) is 23.8 Å². The van der Waals surface area contributed by atoms with Gasteiger partial charge in [-0.3, -0.25) is 9.59 Å². The number of hydrogen-bond donors (Lipinski definition) is 6. The van der Waals surface area contributed by atoms with E-state index in [-0.39, 0.29) is 19.4 Å². The normalized spacial score (nSPS) is 19.8. The molecule has 1 aliphatic heterocycles. The molecule has 6 N–H and O–H groups in total. The van der Waals surface area contributed by atoms with E-state index in [0.717, 1.165) is 83.5 Å². The van der Waals surface area contributed by atoms with E-state index in [2.05, 4.69) is 86.8 Å². The van der Waals surface area contributed by atoms with Gasteiger partial charge in [-0.15, -0.1) is 0 Å². The quantitative estimate of drug-likeness (QED) is 0.0195. The first-order chi connectivity index (χ1) is 36.7. The molecule has 11 heteroatoms. The first-order valence-corrected chi connectivity index (χ1v) is 30.4. The van der Waals surface area contributed by atoms with Gasteiger partial charge in [-0.25, -0.2) is 0 Å². The van der Waals surface area contributed by atoms with Gasteiger partial charge in [-0.05, 0) is 89.9 Å². The van der Waals surface area contributed by atoms with Gasteiger partial charge >= 0.3 is 5.97 Å². The molecule has 432 valence electrons. The Morgan fingerprint density at radius 3 is 1.40 bits per heavy atom. The van der Waals surface area contributed by atoms with Crippen molar-refractivity contribution in [1.29, 1.82) is 0 Å². The van der Waals surface area contributed by atoms with Crippen LogP contribution in [0.1, 0.15) is 245 Å². The number of unbranched alkanes of at least 4 members (excludes halogenated alkanes) is 24. The molecule has 0 radical (unpaired) electrons. The molecule has 0 aromatic carbocycles. The van der Waals surface area contributed by atoms with Crippen molar-refractivity contribution in [2.24, 2.45) is 0 Å². The molecule has 8 atom stereocenters. The summed E-state index contributed by atoms with van der Waals surface area (Å²) in [7, 11) is 0. The number of hydrogen-bond acceptors (Lipinski definition) is 10. The van der Waals surface area contributed by atoms with Crippen molar-refractivity contribution in [2.75, 3.05) is 13.2 Å². The fourth-order valence-electron chi connectivity index (χ4n) is 8.92. The monoisotopic (exact) mass is 1050 g/mol. The Kier molecular flexibility index (Phi) is 48.0. The van der Waals surface area contributed by atoms with Gasteiger partial charge in [-0.2, -0.15) is 0 Å². The molecular formula is C64H111NO10. The van der Waals surface area contributed by atoms with Gasteiger partial charge in [0.15, 0.2) is 12.4 Å². The summed E-state index contributed by atoms with van der Waals surface area (Å²) in [6, 6.07) is -1.05. The minimum atomic E-state index is -1.64. The topological polar surface area (TPSA) is 175 Å². The second kappa shape index (κ2) is 51.6. The highest BCUT2D eigenvalue weighted by atomic mass is 16.7. The fourth-order valence-corrected chi connectivity index (χ4v) is 8.92. The summed E-state index contributed by atoms with van der Waals surface area (Å²) in [5.41, 5.74) is 0. The Bertz CT molecular complexity index is 1540. The van der Waals surface area contributed by atoms with Gasteiger partial charge in [0, 0.05) is 6.42 Å². The van der Waals surface area contributed by atoms with Gasteiger partial charge in [0.25, 0.3) is 0 Å². The standard InChI is InChI=1S/C64H111NO10/c1-4-7-10-13-16-19-22-25-26-27-28-29-30-31-34-36-39-42-45-48-51-57(68)63(72)65-55(56(67)50-47-44-41-38-35-32-23-20-17-14-11-8-5-2)54-73-64-62(61(71)60(70)58(53-66)74-64)75-59(69)52-49-46-43-40-37-33-24-21-18-15-12-9-6-3/h16,19,25-26,28-29,31,33-34,37,43,46-47,50,55-58,60-62,64,66-68,70-71H,4-15,17-18,20-24,27,30,32,35-36,38-42,44-45,48-49,51-54H2,1-3H3,(H,65,72)/b19-16-,26-25-,29-28-,34-31-,37-33-,46-43+,50-47+. The number of ether oxygens (including phenoxy) is 3. The summed E-state index contributed by atoms with van der Waals surface area (Å²) in [4.78, 5) is 26.5. The minimum Gasteiger partial charge on any atom is -0.454 e. The summed E-state index contributed by atoms with van der Waals surface area (Å²) < 4.78 is 17.5. The van der Waals surface area contributed by atoms with Crippen molar-refractivity contribution >= 4 is 11.9 Å². The number of rotatable bonds is 50. The molecule has 1 amide bonds. The maximum Gasteiger partial charge on any atom is 0.306 e. The van der Waals surface area contributed by atoms with E-state index in [1.54, 1.807) is 6.08 Å². The van der Waals surface area contributed by atoms with Crippen molar-refractivity contribution in [3.8, 4) is 0 Å². The van der Waals surface area contributed by atoms with Gasteiger partial charge in [0.05, 0.1) is 25.4 Å². The van der Waals surface area contributed by atoms with E-state index >= 15 is 0 Å². The van der Waals surface area contributed by atoms with Crippen LogP contribution in [-0.4, -0.2) is 99.6 Å². The van der Waals surface area contributed by atoms with Crippen LogP contribution in [0.25, 0.3) is 0 Å². The summed E-state index contributed by atoms with van der Waals surface area (Å²) in [5.74, 6) is -1.29. The molecule has 0 spiro atoms. The zero-order valence-electron chi connectivity index (χ0n) is 47.6. The third-order valence-electron chi connectivity index (χ3n) is 13.8. The third kappa shape index (κ3) is 39.8. The largest absolute Gasteiger partial charge is 0.454 e. The molecule has 8 unspecified atom stereocenters. The molecule has 0 saturated carbocycles. The lowest BCUT2D eigenvalue weighted by Gasteiger charge is -2.41. The van der Waals surface area contributed by atoms with E-state index < -0.39 is 67.4 Å². The molecular weight excluding hydrogens is 943 g/mol. The second-order valence-corrected chi connectivity index (χ2v) is 20.7. The molecule has 0 aromatic rings. The van der Waals surface area contributed by atoms with E-state index in [1.165, 1.54) is 116 Å². The fraction of sp³-hybridized carbons (Fsp3) is 0.750. The lowest BCUT2D eigenvalue weighted by Crippen LogP contribution is -2.61. The number of aliphatic hydroxyl groups excluding tert-OH is 5. The number of amides is 1. The maximum atomic E-state index is 13.4. The predicted octanol–water partition coefficient (Wildman–Crippen LogP) is 14.2. The Morgan fingerprint density at radius 1 is 0.520 bits per heavy atom. The summed E-state index contributed by atoms with van der Waals surface area (Å²) >= 11 is 0. The average Bonchev–Trinajstić information content (AvgIpc) is 3.41. The van der Waals surface area contributed by atoms with Gasteiger partial charge in [0.1, 0.15) is 24.4 Å². The molecule has 1 aliphatic rings. The van der Waals surface area contributed by atoms with Crippen LogP contribution in [0.4, 0.5) is 0 Å². The van der Waals surface area contributed by atoms with Crippen LogP contribution in [0, 0.1) is 0 Å². The summed E-state index contributed by atoms with van der Waals surface area (Å²) in [6.07, 6.45) is 56.3. The average molecular weight is 1050 g/mol. The minimum absolute atomic E-state index is 0.0119. The molecule has 1 fully saturated rings. The van der Waals surface area contributed by atoms with E-state index in [1.807, 2.05) is 18.2 Å². The maximum absolute atomic E-state index is 13.4. The highest BCUT2D eigenvalue weighted by Crippen LogP contribution is 2.26. The zero-order valence-corrected chi connectivity index (χ0v) is 47.6. The van der Waals surface area contributed by atoms with Gasteiger partial charge < -0.3 is 45.1 Å². The van der Waals surface area contributed by atoms with Crippen LogP contribution >= 0.6 is 0 Å². The third-order valence-corrected chi connectivity index (χ3v) is 13.8. The highest BCUT2D eigenvalue weighted by molar-refractivity contribution is 5.80. The van der Waals surface area contributed by atoms with Gasteiger partial charge in [-0.1, -0.05) is 234 Å². The van der Waals surface area contributed by atoms with Crippen LogP contribution in [0.15, 0.2) is 85.1 Å². The smallest absolute Gasteiger partial charge is 0.306 e. The molecule has 0 aliphatic carbocycles. The zero-order chi connectivity index (χ0) is 54.7. The molecule has 0 aromatic heterocycles. The summed E-state index contributed by atoms with van der Waals surface area (Å²) in [5, 5.41) is 56.9. The molecule has 0 bridgehead atoms. The Labute approximate surface area is 457 Å². The molecule has 1 heterocycles. The Morgan fingerprint density at radius 2 is 0.920 bits per heavy atom. The van der Waals surface area contributed by atoms with E-state index in [4.69, 9.17) is 14.2 Å². The number of nitrogens with one attached hydrogen (secondary N) is 1. The number of allylic oxidation sites excluding steroid dienone is 13. The van der Waals surface area contributed by atoms with Crippen LogP contribution in [0.3, 0.4) is 0 Å². The Hall–Kier alpha value is -3.16. The van der Waals surface area contributed by atoms with Gasteiger partial charge in [0.2, 0.25) is 5.91 Å². The molecule has 1 saturated heterocycles.